The number of anilines is 1. The normalized spacial score (nSPS) is 18.5. The molecule has 2 aromatic heterocycles. The molecule has 0 bridgehead atoms. The molecule has 1 aliphatic rings. The topological polar surface area (TPSA) is 71.0 Å². The number of aromatic nitrogens is 2. The summed E-state index contributed by atoms with van der Waals surface area (Å²) in [5, 5.41) is 5.08. The van der Waals surface area contributed by atoms with Crippen LogP contribution in [0.1, 0.15) is 28.7 Å². The van der Waals surface area contributed by atoms with Gasteiger partial charge in [0.25, 0.3) is 0 Å². The van der Waals surface area contributed by atoms with Crippen LogP contribution in [0.15, 0.2) is 66.0 Å². The summed E-state index contributed by atoms with van der Waals surface area (Å²) >= 11 is 1.70. The average molecular weight is 432 g/mol. The van der Waals surface area contributed by atoms with Crippen molar-refractivity contribution >= 4 is 34.0 Å². The van der Waals surface area contributed by atoms with Gasteiger partial charge in [-0.3, -0.25) is 4.79 Å². The minimum Gasteiger partial charge on any atom is -0.331 e. The predicted molar refractivity (Wildman–Crippen MR) is 125 cm³/mol. The van der Waals surface area contributed by atoms with E-state index in [2.05, 4.69) is 57.4 Å². The first-order valence-corrected chi connectivity index (χ1v) is 11.4. The number of hydrogen-bond acceptors (Lipinski definition) is 5. The fourth-order valence-electron chi connectivity index (χ4n) is 4.06. The Morgan fingerprint density at radius 2 is 1.94 bits per heavy atom. The fourth-order valence-corrected chi connectivity index (χ4v) is 4.85. The molecule has 1 aliphatic heterocycles. The van der Waals surface area contributed by atoms with Crippen LogP contribution in [0.25, 0.3) is 11.0 Å². The quantitative estimate of drug-likeness (QED) is 0.432. The van der Waals surface area contributed by atoms with E-state index >= 15 is 0 Å². The first-order valence-electron chi connectivity index (χ1n) is 10.5. The number of hydrazine groups is 1. The van der Waals surface area contributed by atoms with Gasteiger partial charge in [0.2, 0.25) is 5.91 Å². The number of nitrogens with one attached hydrogen (secondary N) is 3. The summed E-state index contributed by atoms with van der Waals surface area (Å²) in [6.07, 6.45) is 2.52. The van der Waals surface area contributed by atoms with Crippen molar-refractivity contribution in [1.29, 1.82) is 0 Å². The minimum absolute atomic E-state index is 0.0148. The number of thiophene rings is 1. The Kier molecular flexibility index (Phi) is 5.55. The van der Waals surface area contributed by atoms with Gasteiger partial charge in [-0.15, -0.1) is 11.3 Å². The second-order valence-electron chi connectivity index (χ2n) is 7.91. The average Bonchev–Trinajstić information content (AvgIpc) is 3.54. The van der Waals surface area contributed by atoms with Crippen molar-refractivity contribution in [3.63, 3.8) is 0 Å². The number of hydrogen-bond donors (Lipinski definition) is 3. The molecule has 5 rings (SSSR count). The third-order valence-corrected chi connectivity index (χ3v) is 6.83. The SMILES string of the molecule is Cn1c(CCc2ccc(NC(=O)C3CC(c4cccs4)NN3)cc2)nc2ccccc21. The van der Waals surface area contributed by atoms with Crippen LogP contribution in [0.2, 0.25) is 0 Å². The lowest BCUT2D eigenvalue weighted by molar-refractivity contribution is -0.117. The number of carbonyl (C=O) groups is 1. The van der Waals surface area contributed by atoms with E-state index in [0.29, 0.717) is 0 Å². The van der Waals surface area contributed by atoms with E-state index in [4.69, 9.17) is 4.98 Å². The van der Waals surface area contributed by atoms with Gasteiger partial charge in [0.15, 0.2) is 0 Å². The van der Waals surface area contributed by atoms with Crippen molar-refractivity contribution in [2.45, 2.75) is 31.3 Å². The number of aryl methyl sites for hydroxylation is 3. The van der Waals surface area contributed by atoms with Crippen molar-refractivity contribution in [2.75, 3.05) is 5.32 Å². The Morgan fingerprint density at radius 1 is 1.10 bits per heavy atom. The van der Waals surface area contributed by atoms with Crippen molar-refractivity contribution in [2.24, 2.45) is 7.05 Å². The molecule has 0 saturated carbocycles. The van der Waals surface area contributed by atoms with Crippen LogP contribution in [0.5, 0.6) is 0 Å². The number of para-hydroxylation sites is 2. The molecule has 4 aromatic rings. The monoisotopic (exact) mass is 431 g/mol. The lowest BCUT2D eigenvalue weighted by Crippen LogP contribution is -2.39. The molecule has 3 heterocycles. The second kappa shape index (κ2) is 8.63. The highest BCUT2D eigenvalue weighted by Crippen LogP contribution is 2.26. The zero-order valence-corrected chi connectivity index (χ0v) is 18.2. The van der Waals surface area contributed by atoms with Gasteiger partial charge in [-0.25, -0.2) is 15.8 Å². The molecular formula is C24H25N5OS. The Hall–Kier alpha value is -3.00. The Balaban J connectivity index is 1.16. The van der Waals surface area contributed by atoms with Gasteiger partial charge in [-0.05, 0) is 54.1 Å². The molecule has 1 saturated heterocycles. The molecular weight excluding hydrogens is 406 g/mol. The zero-order chi connectivity index (χ0) is 21.2. The summed E-state index contributed by atoms with van der Waals surface area (Å²) in [6.45, 7) is 0. The van der Waals surface area contributed by atoms with Gasteiger partial charge in [0.05, 0.1) is 17.1 Å². The maximum Gasteiger partial charge on any atom is 0.242 e. The summed E-state index contributed by atoms with van der Waals surface area (Å²) in [5.74, 6) is 1.07. The van der Waals surface area contributed by atoms with Crippen molar-refractivity contribution in [3.8, 4) is 0 Å². The zero-order valence-electron chi connectivity index (χ0n) is 17.3. The van der Waals surface area contributed by atoms with Crippen LogP contribution in [-0.4, -0.2) is 21.5 Å². The van der Waals surface area contributed by atoms with Crippen LogP contribution >= 0.6 is 11.3 Å². The van der Waals surface area contributed by atoms with Gasteiger partial charge >= 0.3 is 0 Å². The molecule has 2 aromatic carbocycles. The van der Waals surface area contributed by atoms with Crippen molar-refractivity contribution < 1.29 is 4.79 Å². The molecule has 2 unspecified atom stereocenters. The van der Waals surface area contributed by atoms with E-state index in [-0.39, 0.29) is 18.0 Å². The molecule has 2 atom stereocenters. The van der Waals surface area contributed by atoms with Crippen LogP contribution < -0.4 is 16.2 Å². The summed E-state index contributed by atoms with van der Waals surface area (Å²) in [6, 6.07) is 20.4. The Labute approximate surface area is 185 Å². The predicted octanol–water partition coefficient (Wildman–Crippen LogP) is 3.97. The van der Waals surface area contributed by atoms with Crippen LogP contribution in [0.4, 0.5) is 5.69 Å². The highest BCUT2D eigenvalue weighted by Gasteiger charge is 2.30. The van der Waals surface area contributed by atoms with Gasteiger partial charge in [-0.1, -0.05) is 30.3 Å². The molecule has 0 radical (unpaired) electrons. The maximum absolute atomic E-state index is 12.6. The van der Waals surface area contributed by atoms with E-state index in [1.54, 1.807) is 11.3 Å². The van der Waals surface area contributed by atoms with Gasteiger partial charge in [-0.2, -0.15) is 0 Å². The number of rotatable bonds is 6. The first-order chi connectivity index (χ1) is 15.2. The smallest absolute Gasteiger partial charge is 0.242 e. The van der Waals surface area contributed by atoms with E-state index in [9.17, 15) is 4.79 Å². The summed E-state index contributed by atoms with van der Waals surface area (Å²) in [7, 11) is 2.07. The molecule has 3 N–H and O–H groups in total. The van der Waals surface area contributed by atoms with Crippen LogP contribution in [0.3, 0.4) is 0 Å². The largest absolute Gasteiger partial charge is 0.331 e. The van der Waals surface area contributed by atoms with E-state index in [1.165, 1.54) is 10.4 Å². The third-order valence-electron chi connectivity index (χ3n) is 5.84. The molecule has 158 valence electrons. The summed E-state index contributed by atoms with van der Waals surface area (Å²) in [5.41, 5.74) is 10.6. The van der Waals surface area contributed by atoms with Gasteiger partial charge in [0, 0.05) is 24.0 Å². The van der Waals surface area contributed by atoms with E-state index in [0.717, 1.165) is 41.8 Å². The van der Waals surface area contributed by atoms with E-state index in [1.807, 2.05) is 36.4 Å². The molecule has 1 fully saturated rings. The molecule has 1 amide bonds. The number of amides is 1. The number of carbonyl (C=O) groups excluding carboxylic acids is 1. The summed E-state index contributed by atoms with van der Waals surface area (Å²) in [4.78, 5) is 18.6. The highest BCUT2D eigenvalue weighted by atomic mass is 32.1. The molecule has 0 aliphatic carbocycles. The number of nitrogens with zero attached hydrogens (tertiary/aromatic N) is 2. The lowest BCUT2D eigenvalue weighted by atomic mass is 10.1. The number of fused-ring (bicyclic) bond motifs is 1. The highest BCUT2D eigenvalue weighted by molar-refractivity contribution is 7.10. The standard InChI is InChI=1S/C24H25N5OS/c1-29-21-6-3-2-5-18(21)26-23(29)13-10-16-8-11-17(12-9-16)25-24(30)20-15-19(27-28-20)22-7-4-14-31-22/h2-9,11-12,14,19-20,27-28H,10,13,15H2,1H3,(H,25,30). The lowest BCUT2D eigenvalue weighted by Gasteiger charge is -2.11. The molecule has 31 heavy (non-hydrogen) atoms. The van der Waals surface area contributed by atoms with Crippen molar-refractivity contribution in [3.05, 3.63) is 82.3 Å². The Morgan fingerprint density at radius 3 is 2.71 bits per heavy atom. The number of benzene rings is 2. The van der Waals surface area contributed by atoms with Crippen LogP contribution in [-0.2, 0) is 24.7 Å². The fraction of sp³-hybridized carbons (Fsp3) is 0.250. The second-order valence-corrected chi connectivity index (χ2v) is 8.89. The third kappa shape index (κ3) is 4.25. The number of imidazole rings is 1. The van der Waals surface area contributed by atoms with Crippen LogP contribution in [0, 0.1) is 0 Å². The van der Waals surface area contributed by atoms with E-state index < -0.39 is 0 Å². The summed E-state index contributed by atoms with van der Waals surface area (Å²) < 4.78 is 2.16. The molecule has 0 spiro atoms. The molecule has 6 nitrogen and oxygen atoms in total. The maximum atomic E-state index is 12.6. The molecule has 7 heteroatoms. The minimum atomic E-state index is -0.246. The van der Waals surface area contributed by atoms with Gasteiger partial charge < -0.3 is 9.88 Å². The van der Waals surface area contributed by atoms with Gasteiger partial charge in [0.1, 0.15) is 11.9 Å². The van der Waals surface area contributed by atoms with Crippen molar-refractivity contribution in [1.82, 2.24) is 20.4 Å². The first kappa shape index (κ1) is 19.9. The Bertz CT molecular complexity index is 1180.